The topological polar surface area (TPSA) is 47.6 Å². The first-order valence-electron chi connectivity index (χ1n) is 8.59. The lowest BCUT2D eigenvalue weighted by Gasteiger charge is -2.13. The number of hydrogen-bond donors (Lipinski definition) is 1. The number of carbonyl (C=O) groups excluding carboxylic acids is 1. The molecule has 2 aromatic rings. The lowest BCUT2D eigenvalue weighted by Crippen LogP contribution is -2.15. The minimum absolute atomic E-state index is 0.0631. The highest BCUT2D eigenvalue weighted by atomic mass is 19.1. The van der Waals surface area contributed by atoms with Crippen molar-refractivity contribution in [1.82, 2.24) is 0 Å². The lowest BCUT2D eigenvalue weighted by atomic mass is 10.1. The van der Waals surface area contributed by atoms with Crippen LogP contribution in [-0.2, 0) is 4.79 Å². The number of carbonyl (C=O) groups is 1. The van der Waals surface area contributed by atoms with Crippen LogP contribution in [0.25, 0.3) is 0 Å². The maximum absolute atomic E-state index is 13.9. The van der Waals surface area contributed by atoms with Gasteiger partial charge in [-0.25, -0.2) is 4.39 Å². The molecule has 2 unspecified atom stereocenters. The van der Waals surface area contributed by atoms with Crippen molar-refractivity contribution in [3.8, 4) is 11.5 Å². The van der Waals surface area contributed by atoms with E-state index in [-0.39, 0.29) is 23.6 Å². The van der Waals surface area contributed by atoms with Gasteiger partial charge in [-0.2, -0.15) is 0 Å². The fraction of sp³-hybridized carbons (Fsp3) is 0.350. The van der Waals surface area contributed by atoms with E-state index in [0.717, 1.165) is 0 Å². The standard InChI is InChI=1S/C20H22FNO3/c1-3-24-13-9-10-19(25-4-2)18(11-13)22-20(23)16-12-15(16)14-7-5-6-8-17(14)21/h5-11,15-16H,3-4,12H2,1-2H3,(H,22,23). The molecular formula is C20H22FNO3. The molecule has 0 radical (unpaired) electrons. The third-order valence-corrected chi connectivity index (χ3v) is 4.25. The highest BCUT2D eigenvalue weighted by Gasteiger charge is 2.45. The van der Waals surface area contributed by atoms with Gasteiger partial charge < -0.3 is 14.8 Å². The Balaban J connectivity index is 1.73. The average Bonchev–Trinajstić information content (AvgIpc) is 3.39. The Morgan fingerprint density at radius 1 is 1.16 bits per heavy atom. The zero-order valence-electron chi connectivity index (χ0n) is 14.4. The Morgan fingerprint density at radius 3 is 2.64 bits per heavy atom. The van der Waals surface area contributed by atoms with E-state index in [1.807, 2.05) is 19.9 Å². The monoisotopic (exact) mass is 343 g/mol. The summed E-state index contributed by atoms with van der Waals surface area (Å²) in [6, 6.07) is 12.0. The minimum Gasteiger partial charge on any atom is -0.494 e. The first-order chi connectivity index (χ1) is 12.1. The second-order valence-electron chi connectivity index (χ2n) is 5.98. The van der Waals surface area contributed by atoms with Gasteiger partial charge in [0, 0.05) is 12.0 Å². The molecule has 3 rings (SSSR count). The second-order valence-corrected chi connectivity index (χ2v) is 5.98. The van der Waals surface area contributed by atoms with Gasteiger partial charge in [-0.3, -0.25) is 4.79 Å². The maximum Gasteiger partial charge on any atom is 0.228 e. The summed E-state index contributed by atoms with van der Waals surface area (Å²) in [5.74, 6) is 0.609. The summed E-state index contributed by atoms with van der Waals surface area (Å²) in [4.78, 5) is 12.6. The predicted octanol–water partition coefficient (Wildman–Crippen LogP) is 4.37. The fourth-order valence-corrected chi connectivity index (χ4v) is 2.97. The maximum atomic E-state index is 13.9. The average molecular weight is 343 g/mol. The Labute approximate surface area is 147 Å². The van der Waals surface area contributed by atoms with E-state index in [2.05, 4.69) is 5.32 Å². The smallest absolute Gasteiger partial charge is 0.228 e. The van der Waals surface area contributed by atoms with Gasteiger partial charge in [0.05, 0.1) is 18.9 Å². The molecule has 2 atom stereocenters. The van der Waals surface area contributed by atoms with Crippen LogP contribution in [0.2, 0.25) is 0 Å². The van der Waals surface area contributed by atoms with Crippen molar-refractivity contribution in [2.75, 3.05) is 18.5 Å². The highest BCUT2D eigenvalue weighted by Crippen LogP contribution is 2.49. The van der Waals surface area contributed by atoms with Crippen LogP contribution < -0.4 is 14.8 Å². The molecular weight excluding hydrogens is 321 g/mol. The van der Waals surface area contributed by atoms with E-state index >= 15 is 0 Å². The van der Waals surface area contributed by atoms with Crippen LogP contribution in [0.1, 0.15) is 31.7 Å². The quantitative estimate of drug-likeness (QED) is 0.812. The first-order valence-corrected chi connectivity index (χ1v) is 8.59. The summed E-state index contributed by atoms with van der Waals surface area (Å²) in [6.07, 6.45) is 0.655. The normalized spacial score (nSPS) is 18.5. The summed E-state index contributed by atoms with van der Waals surface area (Å²) in [6.45, 7) is 4.83. The van der Waals surface area contributed by atoms with Crippen LogP contribution in [0, 0.1) is 11.7 Å². The molecule has 1 N–H and O–H groups in total. The van der Waals surface area contributed by atoms with Gasteiger partial charge in [0.1, 0.15) is 17.3 Å². The van der Waals surface area contributed by atoms with Crippen LogP contribution in [0.5, 0.6) is 11.5 Å². The first kappa shape index (κ1) is 17.3. The van der Waals surface area contributed by atoms with Crippen molar-refractivity contribution in [2.45, 2.75) is 26.2 Å². The minimum atomic E-state index is -0.254. The van der Waals surface area contributed by atoms with Crippen molar-refractivity contribution < 1.29 is 18.7 Å². The molecule has 1 aliphatic rings. The number of halogens is 1. The zero-order valence-corrected chi connectivity index (χ0v) is 14.4. The van der Waals surface area contributed by atoms with Gasteiger partial charge >= 0.3 is 0 Å². The van der Waals surface area contributed by atoms with Crippen molar-refractivity contribution in [3.05, 3.63) is 53.8 Å². The van der Waals surface area contributed by atoms with E-state index in [0.29, 0.717) is 42.4 Å². The van der Waals surface area contributed by atoms with Crippen molar-refractivity contribution in [3.63, 3.8) is 0 Å². The fourth-order valence-electron chi connectivity index (χ4n) is 2.97. The Morgan fingerprint density at radius 2 is 1.92 bits per heavy atom. The van der Waals surface area contributed by atoms with Gasteiger partial charge in [0.15, 0.2) is 0 Å². The molecule has 0 bridgehead atoms. The number of benzene rings is 2. The molecule has 4 nitrogen and oxygen atoms in total. The molecule has 0 saturated heterocycles. The van der Waals surface area contributed by atoms with Gasteiger partial charge in [-0.05, 0) is 49.9 Å². The van der Waals surface area contributed by atoms with Gasteiger partial charge in [0.25, 0.3) is 0 Å². The zero-order chi connectivity index (χ0) is 17.8. The number of hydrogen-bond acceptors (Lipinski definition) is 3. The Hall–Kier alpha value is -2.56. The van der Waals surface area contributed by atoms with Gasteiger partial charge in [0.2, 0.25) is 5.91 Å². The number of rotatable bonds is 7. The van der Waals surface area contributed by atoms with Crippen LogP contribution in [0.3, 0.4) is 0 Å². The number of amides is 1. The van der Waals surface area contributed by atoms with Crippen molar-refractivity contribution in [2.24, 2.45) is 5.92 Å². The highest BCUT2D eigenvalue weighted by molar-refractivity contribution is 5.96. The summed E-state index contributed by atoms with van der Waals surface area (Å²) in [7, 11) is 0. The molecule has 1 amide bonds. The summed E-state index contributed by atoms with van der Waals surface area (Å²) < 4.78 is 24.9. The summed E-state index contributed by atoms with van der Waals surface area (Å²) in [5.41, 5.74) is 1.19. The van der Waals surface area contributed by atoms with Gasteiger partial charge in [-0.15, -0.1) is 0 Å². The van der Waals surface area contributed by atoms with E-state index in [1.54, 1.807) is 30.3 Å². The number of ether oxygens (including phenoxy) is 2. The van der Waals surface area contributed by atoms with E-state index in [9.17, 15) is 9.18 Å². The molecule has 0 aliphatic heterocycles. The van der Waals surface area contributed by atoms with Crippen LogP contribution in [0.15, 0.2) is 42.5 Å². The van der Waals surface area contributed by atoms with E-state index in [4.69, 9.17) is 9.47 Å². The second kappa shape index (κ2) is 7.55. The SMILES string of the molecule is CCOc1ccc(OCC)c(NC(=O)C2CC2c2ccccc2F)c1. The molecule has 5 heteroatoms. The summed E-state index contributed by atoms with van der Waals surface area (Å²) >= 11 is 0. The van der Waals surface area contributed by atoms with E-state index < -0.39 is 0 Å². The van der Waals surface area contributed by atoms with Gasteiger partial charge in [-0.1, -0.05) is 18.2 Å². The Bertz CT molecular complexity index is 762. The number of anilines is 1. The van der Waals surface area contributed by atoms with E-state index in [1.165, 1.54) is 6.07 Å². The molecule has 1 fully saturated rings. The third-order valence-electron chi connectivity index (χ3n) is 4.25. The lowest BCUT2D eigenvalue weighted by molar-refractivity contribution is -0.117. The summed E-state index contributed by atoms with van der Waals surface area (Å²) in [5, 5.41) is 2.91. The molecule has 132 valence electrons. The number of nitrogens with one attached hydrogen (secondary N) is 1. The predicted molar refractivity (Wildman–Crippen MR) is 94.7 cm³/mol. The third kappa shape index (κ3) is 3.92. The molecule has 0 spiro atoms. The van der Waals surface area contributed by atoms with Crippen molar-refractivity contribution in [1.29, 1.82) is 0 Å². The largest absolute Gasteiger partial charge is 0.494 e. The molecule has 2 aromatic carbocycles. The molecule has 1 saturated carbocycles. The van der Waals surface area contributed by atoms with Crippen molar-refractivity contribution >= 4 is 11.6 Å². The Kier molecular flexibility index (Phi) is 5.22. The van der Waals surface area contributed by atoms with Crippen LogP contribution >= 0.6 is 0 Å². The van der Waals surface area contributed by atoms with Crippen LogP contribution in [0.4, 0.5) is 10.1 Å². The molecule has 0 heterocycles. The molecule has 0 aromatic heterocycles. The molecule has 1 aliphatic carbocycles. The van der Waals surface area contributed by atoms with Crippen LogP contribution in [-0.4, -0.2) is 19.1 Å². The molecule has 25 heavy (non-hydrogen) atoms.